The van der Waals surface area contributed by atoms with Crippen molar-refractivity contribution in [3.8, 4) is 5.75 Å². The molecule has 0 radical (unpaired) electrons. The number of piperidine rings is 1. The van der Waals surface area contributed by atoms with E-state index < -0.39 is 0 Å². The molecular formula is C23H27N3O. The largest absolute Gasteiger partial charge is 0.466 e. The van der Waals surface area contributed by atoms with Crippen molar-refractivity contribution < 1.29 is 4.74 Å². The molecule has 5 rings (SSSR count). The van der Waals surface area contributed by atoms with Gasteiger partial charge < -0.3 is 9.64 Å². The lowest BCUT2D eigenvalue weighted by molar-refractivity contribution is -0.149. The minimum atomic E-state index is -0.306. The van der Waals surface area contributed by atoms with Crippen LogP contribution in [-0.4, -0.2) is 41.0 Å². The van der Waals surface area contributed by atoms with E-state index in [2.05, 4.69) is 71.4 Å². The van der Waals surface area contributed by atoms with E-state index in [1.165, 1.54) is 29.8 Å². The van der Waals surface area contributed by atoms with Gasteiger partial charge in [-0.1, -0.05) is 55.5 Å². The molecule has 0 aromatic heterocycles. The highest BCUT2D eigenvalue weighted by Gasteiger charge is 2.51. The molecule has 1 fully saturated rings. The minimum Gasteiger partial charge on any atom is -0.466 e. The number of para-hydroxylation sites is 1. The fourth-order valence-electron chi connectivity index (χ4n) is 4.81. The van der Waals surface area contributed by atoms with Gasteiger partial charge in [0.15, 0.2) is 0 Å². The van der Waals surface area contributed by atoms with E-state index in [4.69, 9.17) is 9.84 Å². The molecule has 27 heavy (non-hydrogen) atoms. The molecule has 0 saturated carbocycles. The SMILES string of the molecule is CCCN1CCC2(CC1)Oc1ccccc1[C@@H]1CC(c3ccccc3)=NN12. The Hall–Kier alpha value is -2.33. The monoisotopic (exact) mass is 361 g/mol. The van der Waals surface area contributed by atoms with Crippen LogP contribution in [0.2, 0.25) is 0 Å². The Morgan fingerprint density at radius 1 is 1.04 bits per heavy atom. The van der Waals surface area contributed by atoms with Gasteiger partial charge in [0.2, 0.25) is 5.72 Å². The fourth-order valence-corrected chi connectivity index (χ4v) is 4.81. The van der Waals surface area contributed by atoms with E-state index in [0.717, 1.165) is 38.1 Å². The van der Waals surface area contributed by atoms with Crippen LogP contribution in [0.1, 0.15) is 49.8 Å². The summed E-state index contributed by atoms with van der Waals surface area (Å²) in [4.78, 5) is 2.56. The Morgan fingerprint density at radius 2 is 1.78 bits per heavy atom. The standard InChI is InChI=1S/C23H27N3O/c1-2-14-25-15-12-23(13-16-25)26-21(19-10-6-7-11-22(19)27-23)17-20(24-26)18-8-4-3-5-9-18/h3-11,21H,2,12-17H2,1H3/t21-/m0/s1. The van der Waals surface area contributed by atoms with Crippen molar-refractivity contribution in [1.29, 1.82) is 0 Å². The molecule has 3 aliphatic heterocycles. The lowest BCUT2D eigenvalue weighted by Crippen LogP contribution is -2.59. The number of benzene rings is 2. The third-order valence-electron chi connectivity index (χ3n) is 6.19. The highest BCUT2D eigenvalue weighted by Crippen LogP contribution is 2.49. The third-order valence-corrected chi connectivity index (χ3v) is 6.19. The summed E-state index contributed by atoms with van der Waals surface area (Å²) in [6, 6.07) is 19.4. The van der Waals surface area contributed by atoms with Crippen LogP contribution in [0.4, 0.5) is 0 Å². The molecule has 4 nitrogen and oxygen atoms in total. The second kappa shape index (κ2) is 6.68. The molecule has 2 aromatic rings. The van der Waals surface area contributed by atoms with Crippen LogP contribution < -0.4 is 4.74 Å². The van der Waals surface area contributed by atoms with Gasteiger partial charge in [0.1, 0.15) is 5.75 Å². The fraction of sp³-hybridized carbons (Fsp3) is 0.435. The zero-order valence-electron chi connectivity index (χ0n) is 16.0. The van der Waals surface area contributed by atoms with Crippen LogP contribution in [-0.2, 0) is 0 Å². The first-order valence-electron chi connectivity index (χ1n) is 10.2. The van der Waals surface area contributed by atoms with Crippen LogP contribution in [0.5, 0.6) is 5.75 Å². The van der Waals surface area contributed by atoms with Crippen molar-refractivity contribution in [2.75, 3.05) is 19.6 Å². The number of nitrogens with zero attached hydrogens (tertiary/aromatic N) is 3. The van der Waals surface area contributed by atoms with Crippen LogP contribution >= 0.6 is 0 Å². The van der Waals surface area contributed by atoms with Crippen molar-refractivity contribution in [2.45, 2.75) is 44.4 Å². The van der Waals surface area contributed by atoms with Crippen molar-refractivity contribution >= 4 is 5.71 Å². The van der Waals surface area contributed by atoms with E-state index in [-0.39, 0.29) is 11.8 Å². The third kappa shape index (κ3) is 2.83. The number of hydrogen-bond acceptors (Lipinski definition) is 4. The van der Waals surface area contributed by atoms with E-state index in [9.17, 15) is 0 Å². The Morgan fingerprint density at radius 3 is 2.56 bits per heavy atom. The molecule has 1 saturated heterocycles. The molecule has 0 aliphatic carbocycles. The molecule has 1 atom stereocenters. The second-order valence-electron chi connectivity index (χ2n) is 7.90. The van der Waals surface area contributed by atoms with Gasteiger partial charge in [0.25, 0.3) is 0 Å². The van der Waals surface area contributed by atoms with Gasteiger partial charge in [-0.05, 0) is 24.6 Å². The van der Waals surface area contributed by atoms with Crippen molar-refractivity contribution in [3.63, 3.8) is 0 Å². The average Bonchev–Trinajstić information content (AvgIpc) is 3.18. The van der Waals surface area contributed by atoms with E-state index in [1.807, 2.05) is 0 Å². The Bertz CT molecular complexity index is 840. The maximum Gasteiger partial charge on any atom is 0.200 e. The molecule has 0 unspecified atom stereocenters. The predicted octanol–water partition coefficient (Wildman–Crippen LogP) is 4.43. The summed E-state index contributed by atoms with van der Waals surface area (Å²) < 4.78 is 6.68. The molecule has 0 bridgehead atoms. The van der Waals surface area contributed by atoms with Crippen molar-refractivity contribution in [1.82, 2.24) is 9.91 Å². The molecule has 4 heteroatoms. The van der Waals surface area contributed by atoms with Crippen molar-refractivity contribution in [3.05, 3.63) is 65.7 Å². The Balaban J connectivity index is 1.51. The normalized spacial score (nSPS) is 23.5. The molecule has 3 aliphatic rings. The van der Waals surface area contributed by atoms with Crippen LogP contribution in [0.3, 0.4) is 0 Å². The predicted molar refractivity (Wildman–Crippen MR) is 108 cm³/mol. The summed E-state index contributed by atoms with van der Waals surface area (Å²) in [6.45, 7) is 5.59. The van der Waals surface area contributed by atoms with Gasteiger partial charge in [-0.25, -0.2) is 5.01 Å². The summed E-state index contributed by atoms with van der Waals surface area (Å²) in [5, 5.41) is 7.44. The number of hydrazone groups is 1. The molecule has 0 N–H and O–H groups in total. The Kier molecular flexibility index (Phi) is 4.16. The first kappa shape index (κ1) is 16.8. The first-order chi connectivity index (χ1) is 13.3. The zero-order chi connectivity index (χ0) is 18.3. The van der Waals surface area contributed by atoms with Gasteiger partial charge in [-0.2, -0.15) is 5.10 Å². The molecule has 3 heterocycles. The summed E-state index contributed by atoms with van der Waals surface area (Å²) in [7, 11) is 0. The van der Waals surface area contributed by atoms with Gasteiger partial charge in [0, 0.05) is 37.9 Å². The number of hydrogen-bond donors (Lipinski definition) is 0. The van der Waals surface area contributed by atoms with Gasteiger partial charge in [-0.3, -0.25) is 0 Å². The smallest absolute Gasteiger partial charge is 0.200 e. The van der Waals surface area contributed by atoms with Crippen LogP contribution in [0.15, 0.2) is 59.7 Å². The van der Waals surface area contributed by atoms with E-state index in [1.54, 1.807) is 0 Å². The summed E-state index contributed by atoms with van der Waals surface area (Å²) in [5.74, 6) is 1.05. The van der Waals surface area contributed by atoms with Gasteiger partial charge in [-0.15, -0.1) is 0 Å². The van der Waals surface area contributed by atoms with Crippen LogP contribution in [0.25, 0.3) is 0 Å². The zero-order valence-corrected chi connectivity index (χ0v) is 16.0. The lowest BCUT2D eigenvalue weighted by atomic mass is 9.90. The summed E-state index contributed by atoms with van der Waals surface area (Å²) >= 11 is 0. The summed E-state index contributed by atoms with van der Waals surface area (Å²) in [6.07, 6.45) is 4.16. The highest BCUT2D eigenvalue weighted by molar-refractivity contribution is 6.01. The molecule has 140 valence electrons. The average molecular weight is 361 g/mol. The molecule has 0 amide bonds. The topological polar surface area (TPSA) is 28.1 Å². The summed E-state index contributed by atoms with van der Waals surface area (Å²) in [5.41, 5.74) is 3.37. The molecule has 2 aromatic carbocycles. The maximum atomic E-state index is 6.68. The first-order valence-corrected chi connectivity index (χ1v) is 10.2. The van der Waals surface area contributed by atoms with Crippen LogP contribution in [0, 0.1) is 0 Å². The maximum absolute atomic E-state index is 6.68. The number of likely N-dealkylation sites (tertiary alicyclic amines) is 1. The highest BCUT2D eigenvalue weighted by atomic mass is 16.5. The number of ether oxygens (including phenoxy) is 1. The number of fused-ring (bicyclic) bond motifs is 4. The van der Waals surface area contributed by atoms with E-state index in [0.29, 0.717) is 0 Å². The Labute approximate surface area is 161 Å². The van der Waals surface area contributed by atoms with E-state index >= 15 is 0 Å². The molecule has 1 spiro atoms. The second-order valence-corrected chi connectivity index (χ2v) is 7.90. The quantitative estimate of drug-likeness (QED) is 0.809. The lowest BCUT2D eigenvalue weighted by Gasteiger charge is -2.51. The van der Waals surface area contributed by atoms with Crippen molar-refractivity contribution in [2.24, 2.45) is 5.10 Å². The minimum absolute atomic E-state index is 0.280. The molecular weight excluding hydrogens is 334 g/mol. The number of rotatable bonds is 3. The van der Waals surface area contributed by atoms with Gasteiger partial charge in [0.05, 0.1) is 11.8 Å². The van der Waals surface area contributed by atoms with Gasteiger partial charge >= 0.3 is 0 Å².